The van der Waals surface area contributed by atoms with Gasteiger partial charge in [-0.25, -0.2) is 4.79 Å². The molecule has 2 saturated heterocycles. The van der Waals surface area contributed by atoms with Crippen LogP contribution in [0.5, 0.6) is 0 Å². The Morgan fingerprint density at radius 2 is 2.15 bits per heavy atom. The largest absolute Gasteiger partial charge is 0.386 e. The molecule has 1 aromatic rings. The smallest absolute Gasteiger partial charge is 0.330 e. The van der Waals surface area contributed by atoms with E-state index in [0.29, 0.717) is 0 Å². The summed E-state index contributed by atoms with van der Waals surface area (Å²) < 4.78 is 17.9. The van der Waals surface area contributed by atoms with Crippen LogP contribution in [0.15, 0.2) is 21.9 Å². The quantitative estimate of drug-likeness (QED) is 0.682. The second-order valence-electron chi connectivity index (χ2n) is 5.37. The average molecular weight is 284 g/mol. The first kappa shape index (κ1) is 13.5. The molecule has 4 atom stereocenters. The van der Waals surface area contributed by atoms with Crippen molar-refractivity contribution in [1.29, 1.82) is 0 Å². The molecule has 0 spiro atoms. The second kappa shape index (κ2) is 4.52. The van der Waals surface area contributed by atoms with E-state index >= 15 is 0 Å². The third-order valence-corrected chi connectivity index (χ3v) is 3.41. The molecule has 8 heteroatoms. The number of hydrogen-bond donors (Lipinski definition) is 2. The number of ether oxygens (including phenoxy) is 3. The highest BCUT2D eigenvalue weighted by molar-refractivity contribution is 4.95. The summed E-state index contributed by atoms with van der Waals surface area (Å²) in [7, 11) is 0. The van der Waals surface area contributed by atoms with Crippen molar-refractivity contribution in [3.8, 4) is 0 Å². The zero-order valence-corrected chi connectivity index (χ0v) is 11.1. The highest BCUT2D eigenvalue weighted by atomic mass is 16.8. The van der Waals surface area contributed by atoms with Gasteiger partial charge in [0.2, 0.25) is 0 Å². The van der Waals surface area contributed by atoms with E-state index in [1.165, 1.54) is 12.3 Å². The Kier molecular flexibility index (Phi) is 3.05. The van der Waals surface area contributed by atoms with E-state index in [1.807, 2.05) is 0 Å². The molecule has 2 N–H and O–H groups in total. The van der Waals surface area contributed by atoms with Gasteiger partial charge in [-0.05, 0) is 13.8 Å². The van der Waals surface area contributed by atoms with Crippen LogP contribution in [-0.4, -0.2) is 45.4 Å². The summed E-state index contributed by atoms with van der Waals surface area (Å²) in [5.74, 6) is -0.801. The summed E-state index contributed by atoms with van der Waals surface area (Å²) in [5.41, 5.74) is -1.14. The van der Waals surface area contributed by atoms with Crippen molar-refractivity contribution >= 4 is 0 Å². The summed E-state index contributed by atoms with van der Waals surface area (Å²) in [6.07, 6.45) is -1.66. The number of aliphatic hydroxyl groups is 1. The van der Waals surface area contributed by atoms with Gasteiger partial charge in [-0.3, -0.25) is 14.3 Å². The number of aliphatic hydroxyl groups excluding tert-OH is 1. The Morgan fingerprint density at radius 3 is 2.85 bits per heavy atom. The molecule has 0 radical (unpaired) electrons. The van der Waals surface area contributed by atoms with Gasteiger partial charge in [-0.15, -0.1) is 0 Å². The lowest BCUT2D eigenvalue weighted by molar-refractivity contribution is -0.183. The monoisotopic (exact) mass is 284 g/mol. The van der Waals surface area contributed by atoms with Crippen LogP contribution in [-0.2, 0) is 14.2 Å². The van der Waals surface area contributed by atoms with Crippen molar-refractivity contribution in [2.24, 2.45) is 0 Å². The highest BCUT2D eigenvalue weighted by Gasteiger charge is 2.51. The van der Waals surface area contributed by atoms with E-state index in [9.17, 15) is 14.7 Å². The summed E-state index contributed by atoms with van der Waals surface area (Å²) in [4.78, 5) is 24.9. The summed E-state index contributed by atoms with van der Waals surface area (Å²) in [5, 5.41) is 10.3. The molecule has 8 nitrogen and oxygen atoms in total. The Labute approximate surface area is 113 Å². The number of hydrogen-bond acceptors (Lipinski definition) is 6. The number of nitrogens with zero attached hydrogens (tertiary/aromatic N) is 1. The van der Waals surface area contributed by atoms with E-state index in [0.717, 1.165) is 4.57 Å². The zero-order chi connectivity index (χ0) is 14.5. The van der Waals surface area contributed by atoms with Crippen LogP contribution in [0.25, 0.3) is 0 Å². The maximum absolute atomic E-state index is 11.7. The predicted octanol–water partition coefficient (Wildman–Crippen LogP) is -1.05. The van der Waals surface area contributed by atoms with Gasteiger partial charge in [0.05, 0.1) is 6.61 Å². The lowest BCUT2D eigenvalue weighted by atomic mass is 10.0. The minimum Gasteiger partial charge on any atom is -0.386 e. The number of H-pyrrole nitrogens is 1. The fourth-order valence-electron chi connectivity index (χ4n) is 2.61. The molecule has 0 amide bonds. The molecule has 0 saturated carbocycles. The minimum atomic E-state index is -1.07. The van der Waals surface area contributed by atoms with Crippen LogP contribution in [0.1, 0.15) is 20.1 Å². The number of rotatable bonds is 1. The van der Waals surface area contributed by atoms with E-state index in [1.54, 1.807) is 13.8 Å². The predicted molar refractivity (Wildman–Crippen MR) is 66.1 cm³/mol. The fourth-order valence-corrected chi connectivity index (χ4v) is 2.61. The van der Waals surface area contributed by atoms with Crippen LogP contribution in [0.2, 0.25) is 0 Å². The van der Waals surface area contributed by atoms with Crippen molar-refractivity contribution in [2.75, 3.05) is 6.61 Å². The summed E-state index contributed by atoms with van der Waals surface area (Å²) >= 11 is 0. The lowest BCUT2D eigenvalue weighted by Gasteiger charge is -2.35. The Hall–Kier alpha value is -1.48. The molecule has 3 heterocycles. The van der Waals surface area contributed by atoms with Gasteiger partial charge in [0.15, 0.2) is 12.0 Å². The standard InChI is InChI=1S/C12H16N2O6/c1-12(2)19-6-5-18-10(8(16)9(6)20-12)14-4-3-7(15)13-11(14)17/h3-4,6,8-10,16H,5H2,1-2H3,(H,13,15,17)/t6-,8+,9-,10+/m1/s1. The van der Waals surface area contributed by atoms with Crippen molar-refractivity contribution in [3.05, 3.63) is 33.1 Å². The van der Waals surface area contributed by atoms with Gasteiger partial charge >= 0.3 is 5.69 Å². The minimum absolute atomic E-state index is 0.196. The van der Waals surface area contributed by atoms with Crippen LogP contribution in [0.4, 0.5) is 0 Å². The number of aromatic amines is 1. The van der Waals surface area contributed by atoms with E-state index in [-0.39, 0.29) is 12.7 Å². The molecule has 3 rings (SSSR count). The van der Waals surface area contributed by atoms with Gasteiger partial charge in [-0.2, -0.15) is 0 Å². The van der Waals surface area contributed by atoms with Gasteiger partial charge < -0.3 is 19.3 Å². The maximum atomic E-state index is 11.7. The van der Waals surface area contributed by atoms with Crippen molar-refractivity contribution in [3.63, 3.8) is 0 Å². The number of nitrogens with one attached hydrogen (secondary N) is 1. The number of fused-ring (bicyclic) bond motifs is 1. The van der Waals surface area contributed by atoms with Crippen LogP contribution < -0.4 is 11.2 Å². The molecular formula is C12H16N2O6. The molecule has 2 aliphatic rings. The van der Waals surface area contributed by atoms with Crippen molar-refractivity contribution < 1.29 is 19.3 Å². The molecule has 1 aromatic heterocycles. The molecule has 0 aromatic carbocycles. The third kappa shape index (κ3) is 2.20. The normalized spacial score (nSPS) is 35.8. The Bertz CT molecular complexity index is 621. The zero-order valence-electron chi connectivity index (χ0n) is 11.1. The Morgan fingerprint density at radius 1 is 1.40 bits per heavy atom. The van der Waals surface area contributed by atoms with Gasteiger partial charge in [0.25, 0.3) is 5.56 Å². The lowest BCUT2D eigenvalue weighted by Crippen LogP contribution is -2.51. The second-order valence-corrected chi connectivity index (χ2v) is 5.37. The van der Waals surface area contributed by atoms with Gasteiger partial charge in [-0.1, -0.05) is 0 Å². The Balaban J connectivity index is 1.90. The van der Waals surface area contributed by atoms with Gasteiger partial charge in [0, 0.05) is 12.3 Å². The molecule has 0 bridgehead atoms. The van der Waals surface area contributed by atoms with Crippen LogP contribution in [0, 0.1) is 0 Å². The van der Waals surface area contributed by atoms with Crippen molar-refractivity contribution in [1.82, 2.24) is 9.55 Å². The SMILES string of the molecule is CC1(C)O[C@H]2[C@H](O)[C@@H](n3ccc(=O)[nH]c3=O)OC[C@H]2O1. The maximum Gasteiger partial charge on any atom is 0.330 e. The van der Waals surface area contributed by atoms with E-state index in [2.05, 4.69) is 4.98 Å². The number of aromatic nitrogens is 2. The van der Waals surface area contributed by atoms with E-state index < -0.39 is 35.5 Å². The topological polar surface area (TPSA) is 103 Å². The first-order valence-electron chi connectivity index (χ1n) is 6.34. The molecular weight excluding hydrogens is 268 g/mol. The fraction of sp³-hybridized carbons (Fsp3) is 0.667. The summed E-state index contributed by atoms with van der Waals surface area (Å²) in [6.45, 7) is 3.69. The molecule has 2 fully saturated rings. The first-order valence-corrected chi connectivity index (χ1v) is 6.34. The first-order chi connectivity index (χ1) is 9.37. The van der Waals surface area contributed by atoms with E-state index in [4.69, 9.17) is 14.2 Å². The molecule has 0 unspecified atom stereocenters. The highest BCUT2D eigenvalue weighted by Crippen LogP contribution is 2.36. The average Bonchev–Trinajstić information content (AvgIpc) is 2.66. The molecule has 110 valence electrons. The summed E-state index contributed by atoms with van der Waals surface area (Å²) in [6, 6.07) is 1.19. The van der Waals surface area contributed by atoms with Gasteiger partial charge in [0.1, 0.15) is 18.3 Å². The van der Waals surface area contributed by atoms with Crippen LogP contribution >= 0.6 is 0 Å². The third-order valence-electron chi connectivity index (χ3n) is 3.41. The molecule has 2 aliphatic heterocycles. The molecule has 0 aliphatic carbocycles. The van der Waals surface area contributed by atoms with Crippen LogP contribution in [0.3, 0.4) is 0 Å². The van der Waals surface area contributed by atoms with Crippen molar-refractivity contribution in [2.45, 2.75) is 44.2 Å². The molecule has 20 heavy (non-hydrogen) atoms.